The van der Waals surface area contributed by atoms with Crippen LogP contribution in [0.5, 0.6) is 11.5 Å². The quantitative estimate of drug-likeness (QED) is 0.435. The Morgan fingerprint density at radius 1 is 0.969 bits per heavy atom. The average molecular weight is 432 g/mol. The topological polar surface area (TPSA) is 92.3 Å². The summed E-state index contributed by atoms with van der Waals surface area (Å²) in [5.74, 6) is 1.88. The number of hydrogen-bond acceptors (Lipinski definition) is 7. The summed E-state index contributed by atoms with van der Waals surface area (Å²) in [6.07, 6.45) is 0. The Morgan fingerprint density at radius 2 is 1.78 bits per heavy atom. The zero-order chi connectivity index (χ0) is 22.7. The fourth-order valence-electron chi connectivity index (χ4n) is 3.26. The molecule has 0 fully saturated rings. The van der Waals surface area contributed by atoms with Crippen LogP contribution in [-0.4, -0.2) is 33.6 Å². The second kappa shape index (κ2) is 9.05. The molecule has 0 aliphatic heterocycles. The van der Waals surface area contributed by atoms with Crippen molar-refractivity contribution < 1.29 is 14.0 Å². The molecule has 0 unspecified atom stereocenters. The highest BCUT2D eigenvalue weighted by atomic mass is 16.5. The molecule has 8 nitrogen and oxygen atoms in total. The van der Waals surface area contributed by atoms with E-state index in [1.54, 1.807) is 25.3 Å². The Hall–Kier alpha value is -3.94. The fourth-order valence-corrected chi connectivity index (χ4v) is 3.26. The highest BCUT2D eigenvalue weighted by Gasteiger charge is 2.14. The largest absolute Gasteiger partial charge is 0.493 e. The van der Waals surface area contributed by atoms with Crippen LogP contribution in [0.2, 0.25) is 0 Å². The summed E-state index contributed by atoms with van der Waals surface area (Å²) in [6, 6.07) is 14.7. The van der Waals surface area contributed by atoms with E-state index in [-0.39, 0.29) is 18.0 Å². The minimum absolute atomic E-state index is 0.0681. The van der Waals surface area contributed by atoms with Gasteiger partial charge in [-0.05, 0) is 62.2 Å². The predicted molar refractivity (Wildman–Crippen MR) is 120 cm³/mol. The van der Waals surface area contributed by atoms with Gasteiger partial charge in [0, 0.05) is 17.2 Å². The Balaban J connectivity index is 1.60. The first-order valence-electron chi connectivity index (χ1n) is 10.3. The molecule has 0 amide bonds. The predicted octanol–water partition coefficient (Wildman–Crippen LogP) is 4.03. The third-order valence-electron chi connectivity index (χ3n) is 5.14. The van der Waals surface area contributed by atoms with Crippen molar-refractivity contribution in [2.24, 2.45) is 0 Å². The average Bonchev–Trinajstić information content (AvgIpc) is 3.26. The summed E-state index contributed by atoms with van der Waals surface area (Å²) in [6.45, 7) is 6.61. The van der Waals surface area contributed by atoms with Gasteiger partial charge in [0.05, 0.1) is 19.4 Å². The van der Waals surface area contributed by atoms with Crippen molar-refractivity contribution in [2.45, 2.75) is 27.3 Å². The molecule has 0 atom stereocenters. The third kappa shape index (κ3) is 4.39. The maximum absolute atomic E-state index is 12.4. The van der Waals surface area contributed by atoms with Gasteiger partial charge in [0.1, 0.15) is 6.54 Å². The molecule has 4 rings (SSSR count). The van der Waals surface area contributed by atoms with Gasteiger partial charge in [0.15, 0.2) is 11.5 Å². The van der Waals surface area contributed by atoms with Crippen LogP contribution in [0.4, 0.5) is 0 Å². The third-order valence-corrected chi connectivity index (χ3v) is 5.14. The van der Waals surface area contributed by atoms with Gasteiger partial charge in [-0.2, -0.15) is 10.1 Å². The molecule has 0 aliphatic rings. The zero-order valence-electron chi connectivity index (χ0n) is 18.5. The van der Waals surface area contributed by atoms with Crippen molar-refractivity contribution in [1.82, 2.24) is 19.9 Å². The summed E-state index contributed by atoms with van der Waals surface area (Å²) >= 11 is 0. The highest BCUT2D eigenvalue weighted by Crippen LogP contribution is 2.31. The molecule has 2 aromatic heterocycles. The summed E-state index contributed by atoms with van der Waals surface area (Å²) in [5, 5.41) is 8.53. The number of ether oxygens (including phenoxy) is 2. The lowest BCUT2D eigenvalue weighted by Gasteiger charge is -2.09. The van der Waals surface area contributed by atoms with Gasteiger partial charge in [-0.3, -0.25) is 4.79 Å². The first kappa shape index (κ1) is 21.3. The molecule has 4 aromatic rings. The molecule has 2 heterocycles. The number of nitrogens with zero attached hydrogens (tertiary/aromatic N) is 4. The smallest absolute Gasteiger partial charge is 0.267 e. The van der Waals surface area contributed by atoms with Crippen LogP contribution < -0.4 is 15.0 Å². The Morgan fingerprint density at radius 3 is 2.53 bits per heavy atom. The van der Waals surface area contributed by atoms with E-state index in [4.69, 9.17) is 14.0 Å². The summed E-state index contributed by atoms with van der Waals surface area (Å²) < 4.78 is 17.6. The van der Waals surface area contributed by atoms with Crippen LogP contribution in [0.3, 0.4) is 0 Å². The molecule has 164 valence electrons. The second-order valence-electron chi connectivity index (χ2n) is 7.32. The molecule has 32 heavy (non-hydrogen) atoms. The van der Waals surface area contributed by atoms with Crippen LogP contribution in [0.1, 0.15) is 23.9 Å². The van der Waals surface area contributed by atoms with Gasteiger partial charge < -0.3 is 14.0 Å². The minimum Gasteiger partial charge on any atom is -0.493 e. The standard InChI is InChI=1S/C24H24N4O4/c1-5-31-20-10-8-18(13-21(20)30-4)24-25-22(32-27-24)14-28-23(29)11-9-19(26-28)17-7-6-15(2)16(3)12-17/h6-13H,5,14H2,1-4H3. The maximum atomic E-state index is 12.4. The van der Waals surface area contributed by atoms with Crippen molar-refractivity contribution in [3.05, 3.63) is 75.9 Å². The van der Waals surface area contributed by atoms with E-state index in [0.717, 1.165) is 11.1 Å². The van der Waals surface area contributed by atoms with Gasteiger partial charge in [-0.25, -0.2) is 4.68 Å². The molecule has 0 saturated heterocycles. The first-order chi connectivity index (χ1) is 15.5. The molecule has 0 saturated carbocycles. The molecular weight excluding hydrogens is 408 g/mol. The lowest BCUT2D eigenvalue weighted by molar-refractivity contribution is 0.311. The van der Waals surface area contributed by atoms with E-state index < -0.39 is 0 Å². The lowest BCUT2D eigenvalue weighted by Crippen LogP contribution is -2.23. The fraction of sp³-hybridized carbons (Fsp3) is 0.250. The van der Waals surface area contributed by atoms with E-state index in [1.165, 1.54) is 16.3 Å². The van der Waals surface area contributed by atoms with Gasteiger partial charge in [-0.15, -0.1) is 0 Å². The summed E-state index contributed by atoms with van der Waals surface area (Å²) in [7, 11) is 1.57. The number of aryl methyl sites for hydroxylation is 2. The molecule has 0 spiro atoms. The van der Waals surface area contributed by atoms with Crippen molar-refractivity contribution >= 4 is 0 Å². The summed E-state index contributed by atoms with van der Waals surface area (Å²) in [4.78, 5) is 16.8. The minimum atomic E-state index is -0.250. The monoisotopic (exact) mass is 432 g/mol. The molecule has 8 heteroatoms. The Bertz CT molecular complexity index is 1310. The van der Waals surface area contributed by atoms with Crippen molar-refractivity contribution in [2.75, 3.05) is 13.7 Å². The van der Waals surface area contributed by atoms with Crippen LogP contribution in [0.25, 0.3) is 22.6 Å². The Labute approximate surface area is 185 Å². The Kier molecular flexibility index (Phi) is 6.02. The van der Waals surface area contributed by atoms with E-state index >= 15 is 0 Å². The van der Waals surface area contributed by atoms with Crippen molar-refractivity contribution in [3.63, 3.8) is 0 Å². The maximum Gasteiger partial charge on any atom is 0.267 e. The normalized spacial score (nSPS) is 10.9. The summed E-state index contributed by atoms with van der Waals surface area (Å²) in [5.41, 5.74) is 4.46. The molecule has 0 radical (unpaired) electrons. The SMILES string of the molecule is CCOc1ccc(-c2noc(Cn3nc(-c4ccc(C)c(C)c4)ccc3=O)n2)cc1OC. The van der Waals surface area contributed by atoms with Crippen LogP contribution in [0.15, 0.2) is 57.8 Å². The zero-order valence-corrected chi connectivity index (χ0v) is 18.5. The van der Waals surface area contributed by atoms with E-state index in [1.807, 2.05) is 32.0 Å². The van der Waals surface area contributed by atoms with E-state index in [2.05, 4.69) is 28.2 Å². The second-order valence-corrected chi connectivity index (χ2v) is 7.32. The first-order valence-corrected chi connectivity index (χ1v) is 10.3. The highest BCUT2D eigenvalue weighted by molar-refractivity contribution is 5.61. The van der Waals surface area contributed by atoms with E-state index in [0.29, 0.717) is 35.2 Å². The molecule has 2 aromatic carbocycles. The molecule has 0 bridgehead atoms. The van der Waals surface area contributed by atoms with Crippen molar-refractivity contribution in [3.8, 4) is 34.1 Å². The van der Waals surface area contributed by atoms with Crippen LogP contribution in [-0.2, 0) is 6.54 Å². The van der Waals surface area contributed by atoms with E-state index in [9.17, 15) is 4.79 Å². The van der Waals surface area contributed by atoms with Crippen LogP contribution in [0, 0.1) is 13.8 Å². The number of methoxy groups -OCH3 is 1. The number of benzene rings is 2. The van der Waals surface area contributed by atoms with Gasteiger partial charge >= 0.3 is 0 Å². The van der Waals surface area contributed by atoms with Crippen LogP contribution >= 0.6 is 0 Å². The van der Waals surface area contributed by atoms with Crippen molar-refractivity contribution in [1.29, 1.82) is 0 Å². The molecule has 0 aliphatic carbocycles. The number of rotatable bonds is 7. The number of hydrogen-bond donors (Lipinski definition) is 0. The van der Waals surface area contributed by atoms with Gasteiger partial charge in [0.25, 0.3) is 5.56 Å². The van der Waals surface area contributed by atoms with Gasteiger partial charge in [0.2, 0.25) is 11.7 Å². The van der Waals surface area contributed by atoms with Gasteiger partial charge in [-0.1, -0.05) is 17.3 Å². The molecule has 0 N–H and O–H groups in total. The molecular formula is C24H24N4O4. The lowest BCUT2D eigenvalue weighted by atomic mass is 10.0. The number of aromatic nitrogens is 4.